The van der Waals surface area contributed by atoms with Crippen LogP contribution in [0.25, 0.3) is 0 Å². The highest BCUT2D eigenvalue weighted by Gasteiger charge is 2.36. The Labute approximate surface area is 203 Å². The minimum absolute atomic E-state index is 0.0536. The van der Waals surface area contributed by atoms with Gasteiger partial charge < -0.3 is 26.6 Å². The quantitative estimate of drug-likeness (QED) is 0.145. The number of hydrogen-bond donors (Lipinski definition) is 6. The van der Waals surface area contributed by atoms with Crippen LogP contribution in [0, 0.1) is 5.92 Å². The summed E-state index contributed by atoms with van der Waals surface area (Å²) in [5.74, 6) is -2.65. The summed E-state index contributed by atoms with van der Waals surface area (Å²) in [7, 11) is 0. The van der Waals surface area contributed by atoms with Crippen molar-refractivity contribution in [3.05, 3.63) is 29.8 Å². The zero-order valence-corrected chi connectivity index (χ0v) is 20.2. The first-order valence-corrected chi connectivity index (χ1v) is 11.5. The van der Waals surface area contributed by atoms with Crippen LogP contribution < -0.4 is 27.2 Å². The van der Waals surface area contributed by atoms with Crippen molar-refractivity contribution in [3.8, 4) is 0 Å². The van der Waals surface area contributed by atoms with Crippen LogP contribution in [0.15, 0.2) is 24.3 Å². The summed E-state index contributed by atoms with van der Waals surface area (Å²) in [5.41, 5.74) is 7.95. The maximum Gasteiger partial charge on any atom is 0.265 e. The Balaban J connectivity index is 1.99. The predicted molar refractivity (Wildman–Crippen MR) is 127 cm³/mol. The van der Waals surface area contributed by atoms with Crippen LogP contribution in [0.1, 0.15) is 50.4 Å². The fraction of sp³-hybridized carbons (Fsp3) is 0.522. The SMILES string of the molecule is CC(C)C[C@H](NC(=O)[C@@H]1CCCN1C(=O)CNC(=O)c1ccc(N)cc1)C(=O)N[C@@H](C)C(=O)NO. The van der Waals surface area contributed by atoms with E-state index in [1.165, 1.54) is 17.3 Å². The first-order chi connectivity index (χ1) is 16.5. The number of nitrogen functional groups attached to an aromatic ring is 1. The predicted octanol–water partition coefficient (Wildman–Crippen LogP) is -0.469. The Morgan fingerprint density at radius 2 is 1.71 bits per heavy atom. The molecule has 1 aromatic rings. The lowest BCUT2D eigenvalue weighted by molar-refractivity contribution is -0.139. The molecule has 35 heavy (non-hydrogen) atoms. The second-order valence-electron chi connectivity index (χ2n) is 8.95. The molecule has 7 N–H and O–H groups in total. The number of hydroxylamine groups is 1. The molecule has 0 radical (unpaired) electrons. The van der Waals surface area contributed by atoms with Gasteiger partial charge in [0.15, 0.2) is 0 Å². The number of carbonyl (C=O) groups excluding carboxylic acids is 5. The fourth-order valence-corrected chi connectivity index (χ4v) is 3.78. The van der Waals surface area contributed by atoms with E-state index in [9.17, 15) is 24.0 Å². The van der Waals surface area contributed by atoms with Gasteiger partial charge in [-0.1, -0.05) is 13.8 Å². The van der Waals surface area contributed by atoms with Crippen LogP contribution in [0.2, 0.25) is 0 Å². The monoisotopic (exact) mass is 490 g/mol. The Morgan fingerprint density at radius 3 is 2.31 bits per heavy atom. The summed E-state index contributed by atoms with van der Waals surface area (Å²) in [6.45, 7) is 5.23. The minimum Gasteiger partial charge on any atom is -0.399 e. The van der Waals surface area contributed by atoms with Gasteiger partial charge in [0.05, 0.1) is 6.54 Å². The second kappa shape index (κ2) is 12.7. The molecular weight excluding hydrogens is 456 g/mol. The molecule has 1 aliphatic rings. The van der Waals surface area contributed by atoms with E-state index in [0.29, 0.717) is 37.1 Å². The Bertz CT molecular complexity index is 935. The maximum absolute atomic E-state index is 13.0. The highest BCUT2D eigenvalue weighted by Crippen LogP contribution is 2.18. The first-order valence-electron chi connectivity index (χ1n) is 11.5. The van der Waals surface area contributed by atoms with Crippen LogP contribution >= 0.6 is 0 Å². The van der Waals surface area contributed by atoms with E-state index >= 15 is 0 Å². The Hall–Kier alpha value is -3.67. The zero-order chi connectivity index (χ0) is 26.1. The van der Waals surface area contributed by atoms with Crippen LogP contribution in [-0.4, -0.2) is 70.9 Å². The Morgan fingerprint density at radius 1 is 1.06 bits per heavy atom. The number of likely N-dealkylation sites (tertiary alicyclic amines) is 1. The molecule has 0 spiro atoms. The molecular formula is C23H34N6O6. The molecule has 3 atom stereocenters. The highest BCUT2D eigenvalue weighted by molar-refractivity contribution is 5.98. The average molecular weight is 491 g/mol. The molecule has 0 bridgehead atoms. The van der Waals surface area contributed by atoms with Crippen LogP contribution in [0.5, 0.6) is 0 Å². The summed E-state index contributed by atoms with van der Waals surface area (Å²) >= 11 is 0. The third-order valence-corrected chi connectivity index (χ3v) is 5.65. The van der Waals surface area contributed by atoms with Crippen molar-refractivity contribution in [2.45, 2.75) is 58.2 Å². The number of benzene rings is 1. The molecule has 12 heteroatoms. The average Bonchev–Trinajstić information content (AvgIpc) is 3.31. The van der Waals surface area contributed by atoms with Gasteiger partial charge in [0.25, 0.3) is 11.8 Å². The smallest absolute Gasteiger partial charge is 0.265 e. The summed E-state index contributed by atoms with van der Waals surface area (Å²) in [6.07, 6.45) is 1.33. The van der Waals surface area contributed by atoms with Crippen molar-refractivity contribution in [1.29, 1.82) is 0 Å². The molecule has 0 aromatic heterocycles. The van der Waals surface area contributed by atoms with Gasteiger partial charge in [-0.05, 0) is 56.4 Å². The number of carbonyl (C=O) groups is 5. The van der Waals surface area contributed by atoms with E-state index in [2.05, 4.69) is 16.0 Å². The minimum atomic E-state index is -1.01. The summed E-state index contributed by atoms with van der Waals surface area (Å²) < 4.78 is 0. The van der Waals surface area contributed by atoms with Gasteiger partial charge in [-0.25, -0.2) is 5.48 Å². The van der Waals surface area contributed by atoms with E-state index in [1.54, 1.807) is 24.3 Å². The molecule has 0 saturated carbocycles. The van der Waals surface area contributed by atoms with E-state index in [-0.39, 0.29) is 12.5 Å². The molecule has 12 nitrogen and oxygen atoms in total. The van der Waals surface area contributed by atoms with E-state index < -0.39 is 47.7 Å². The van der Waals surface area contributed by atoms with Gasteiger partial charge in [-0.15, -0.1) is 0 Å². The molecule has 2 rings (SSSR count). The molecule has 0 unspecified atom stereocenters. The third kappa shape index (κ3) is 7.95. The molecule has 5 amide bonds. The van der Waals surface area contributed by atoms with Crippen molar-refractivity contribution in [2.24, 2.45) is 5.92 Å². The van der Waals surface area contributed by atoms with Gasteiger partial charge >= 0.3 is 0 Å². The number of hydrogen-bond acceptors (Lipinski definition) is 7. The lowest BCUT2D eigenvalue weighted by Crippen LogP contribution is -2.56. The number of rotatable bonds is 10. The molecule has 1 fully saturated rings. The molecule has 1 aliphatic heterocycles. The number of nitrogens with one attached hydrogen (secondary N) is 4. The topological polar surface area (TPSA) is 183 Å². The lowest BCUT2D eigenvalue weighted by atomic mass is 10.0. The number of amides is 5. The summed E-state index contributed by atoms with van der Waals surface area (Å²) in [5, 5.41) is 16.4. The van der Waals surface area contributed by atoms with Gasteiger partial charge in [0.1, 0.15) is 18.1 Å². The van der Waals surface area contributed by atoms with Crippen molar-refractivity contribution in [2.75, 3.05) is 18.8 Å². The maximum atomic E-state index is 13.0. The van der Waals surface area contributed by atoms with Gasteiger partial charge in [-0.2, -0.15) is 0 Å². The molecule has 1 saturated heterocycles. The van der Waals surface area contributed by atoms with Gasteiger partial charge in [-0.3, -0.25) is 29.2 Å². The normalized spacial score (nSPS) is 16.8. The van der Waals surface area contributed by atoms with Gasteiger partial charge in [0, 0.05) is 17.8 Å². The summed E-state index contributed by atoms with van der Waals surface area (Å²) in [6, 6.07) is 3.54. The third-order valence-electron chi connectivity index (χ3n) is 5.65. The van der Waals surface area contributed by atoms with Crippen molar-refractivity contribution in [3.63, 3.8) is 0 Å². The van der Waals surface area contributed by atoms with E-state index in [4.69, 9.17) is 10.9 Å². The summed E-state index contributed by atoms with van der Waals surface area (Å²) in [4.78, 5) is 63.7. The zero-order valence-electron chi connectivity index (χ0n) is 20.2. The number of anilines is 1. The number of nitrogens with two attached hydrogens (primary N) is 1. The molecule has 0 aliphatic carbocycles. The standard InChI is InChI=1S/C23H34N6O6/c1-13(2)11-17(22(33)26-14(3)20(31)28-35)27-23(34)18-5-4-10-29(18)19(30)12-25-21(32)15-6-8-16(24)9-7-15/h6-9,13-14,17-18,35H,4-5,10-12,24H2,1-3H3,(H,25,32)(H,26,33)(H,27,34)(H,28,31)/t14-,17-,18-/m0/s1. The molecule has 192 valence electrons. The fourth-order valence-electron chi connectivity index (χ4n) is 3.78. The van der Waals surface area contributed by atoms with E-state index in [1.807, 2.05) is 13.8 Å². The largest absolute Gasteiger partial charge is 0.399 e. The van der Waals surface area contributed by atoms with Crippen molar-refractivity contribution < 1.29 is 29.2 Å². The molecule has 1 heterocycles. The lowest BCUT2D eigenvalue weighted by Gasteiger charge is -2.27. The molecule has 1 aromatic carbocycles. The van der Waals surface area contributed by atoms with E-state index in [0.717, 1.165) is 0 Å². The first kappa shape index (κ1) is 27.6. The van der Waals surface area contributed by atoms with Gasteiger partial charge in [0.2, 0.25) is 17.7 Å². The van der Waals surface area contributed by atoms with Crippen molar-refractivity contribution >= 4 is 35.2 Å². The Kier molecular flexibility index (Phi) is 10.0. The second-order valence-corrected chi connectivity index (χ2v) is 8.95. The van der Waals surface area contributed by atoms with Crippen LogP contribution in [0.4, 0.5) is 5.69 Å². The number of nitrogens with zero attached hydrogens (tertiary/aromatic N) is 1. The van der Waals surface area contributed by atoms with Crippen molar-refractivity contribution in [1.82, 2.24) is 26.3 Å². The van der Waals surface area contributed by atoms with Crippen LogP contribution in [-0.2, 0) is 19.2 Å². The highest BCUT2D eigenvalue weighted by atomic mass is 16.5. The van der Waals surface area contributed by atoms with Crippen LogP contribution in [0.3, 0.4) is 0 Å².